The predicted molar refractivity (Wildman–Crippen MR) is 151 cm³/mol. The quantitative estimate of drug-likeness (QED) is 0.309. The first-order valence-electron chi connectivity index (χ1n) is 12.8. The van der Waals surface area contributed by atoms with Gasteiger partial charge in [-0.05, 0) is 53.9 Å². The summed E-state index contributed by atoms with van der Waals surface area (Å²) in [6.45, 7) is 13.4. The number of phenolic OH excluding ortho intramolecular Hbond substituents is 1. The first-order chi connectivity index (χ1) is 17.5. The lowest BCUT2D eigenvalue weighted by Gasteiger charge is -2.27. The van der Waals surface area contributed by atoms with Crippen molar-refractivity contribution in [3.63, 3.8) is 0 Å². The number of aliphatic imine (C=N–C) groups is 1. The van der Waals surface area contributed by atoms with Gasteiger partial charge in [-0.15, -0.1) is 0 Å². The van der Waals surface area contributed by atoms with Crippen LogP contribution >= 0.6 is 0 Å². The number of phenols is 1. The lowest BCUT2D eigenvalue weighted by molar-refractivity contribution is 0.132. The van der Waals surface area contributed by atoms with Crippen LogP contribution in [0.15, 0.2) is 71.7 Å². The maximum absolute atomic E-state index is 10.4. The van der Waals surface area contributed by atoms with Gasteiger partial charge in [0.15, 0.2) is 0 Å². The van der Waals surface area contributed by atoms with Crippen LogP contribution in [0.1, 0.15) is 42.1 Å². The molecule has 3 aromatic carbocycles. The van der Waals surface area contributed by atoms with Crippen LogP contribution < -0.4 is 9.92 Å². The molecule has 188 valence electrons. The molecule has 1 aliphatic heterocycles. The molecule has 6 heteroatoms. The summed E-state index contributed by atoms with van der Waals surface area (Å²) in [5.41, 5.74) is 4.88. The van der Waals surface area contributed by atoms with Crippen LogP contribution in [-0.2, 0) is 10.2 Å². The summed E-state index contributed by atoms with van der Waals surface area (Å²) >= 11 is 0. The molecule has 6 rings (SSSR count). The number of hydrogen-bond acceptors (Lipinski definition) is 5. The van der Waals surface area contributed by atoms with Gasteiger partial charge in [0.25, 0.3) is 0 Å². The number of aromatic hydroxyl groups is 1. The SMILES string of the molecule is Cc1cc(O)c2nc(Oc3cc(C4=N[C@H]5c6ccccc6C(C)(C)[C@@H]5O4)cc([Si](C)(C)C)c3)ccc2c1. The lowest BCUT2D eigenvalue weighted by atomic mass is 9.84. The smallest absolute Gasteiger partial charge is 0.219 e. The monoisotopic (exact) mass is 508 g/mol. The van der Waals surface area contributed by atoms with E-state index in [1.54, 1.807) is 6.07 Å². The van der Waals surface area contributed by atoms with Crippen LogP contribution in [0.3, 0.4) is 0 Å². The minimum Gasteiger partial charge on any atom is -0.506 e. The van der Waals surface area contributed by atoms with Gasteiger partial charge in [0.05, 0.1) is 8.07 Å². The molecule has 4 aromatic rings. The molecule has 0 fully saturated rings. The first kappa shape index (κ1) is 23.7. The number of nitrogens with zero attached hydrogens (tertiary/aromatic N) is 2. The van der Waals surface area contributed by atoms with Crippen LogP contribution in [0.5, 0.6) is 17.4 Å². The van der Waals surface area contributed by atoms with Crippen LogP contribution in [0.25, 0.3) is 10.9 Å². The Morgan fingerprint density at radius 2 is 1.76 bits per heavy atom. The van der Waals surface area contributed by atoms with E-state index in [9.17, 15) is 5.11 Å². The molecule has 37 heavy (non-hydrogen) atoms. The summed E-state index contributed by atoms with van der Waals surface area (Å²) in [4.78, 5) is 9.69. The van der Waals surface area contributed by atoms with Crippen molar-refractivity contribution in [1.29, 1.82) is 0 Å². The molecule has 0 amide bonds. The van der Waals surface area contributed by atoms with Crippen molar-refractivity contribution >= 4 is 30.1 Å². The Morgan fingerprint density at radius 3 is 2.54 bits per heavy atom. The van der Waals surface area contributed by atoms with Gasteiger partial charge in [-0.3, -0.25) is 0 Å². The van der Waals surface area contributed by atoms with Crippen LogP contribution in [0, 0.1) is 6.92 Å². The highest BCUT2D eigenvalue weighted by Crippen LogP contribution is 2.51. The van der Waals surface area contributed by atoms with Gasteiger partial charge in [0.2, 0.25) is 11.8 Å². The Hall–Kier alpha value is -3.64. The number of hydrogen-bond donors (Lipinski definition) is 1. The van der Waals surface area contributed by atoms with E-state index in [2.05, 4.69) is 74.9 Å². The normalized spacial score (nSPS) is 19.8. The third-order valence-electron chi connectivity index (χ3n) is 7.60. The molecule has 0 saturated heterocycles. The Morgan fingerprint density at radius 1 is 0.973 bits per heavy atom. The number of aromatic nitrogens is 1. The number of pyridine rings is 1. The van der Waals surface area contributed by atoms with Gasteiger partial charge in [-0.2, -0.15) is 0 Å². The minimum absolute atomic E-state index is 0.00491. The highest BCUT2D eigenvalue weighted by atomic mass is 28.3. The number of ether oxygens (including phenoxy) is 2. The fourth-order valence-electron chi connectivity index (χ4n) is 5.56. The van der Waals surface area contributed by atoms with Crippen molar-refractivity contribution in [2.75, 3.05) is 0 Å². The second kappa shape index (κ2) is 8.18. The van der Waals surface area contributed by atoms with Crippen LogP contribution in [0.4, 0.5) is 0 Å². The Labute approximate surface area is 218 Å². The summed E-state index contributed by atoms with van der Waals surface area (Å²) in [6.07, 6.45) is -0.0339. The number of rotatable bonds is 4. The summed E-state index contributed by atoms with van der Waals surface area (Å²) in [6, 6.07) is 22.3. The molecule has 0 radical (unpaired) electrons. The van der Waals surface area contributed by atoms with Crippen molar-refractivity contribution in [3.05, 3.63) is 89.0 Å². The fraction of sp³-hybridized carbons (Fsp3) is 0.290. The second-order valence-corrected chi connectivity index (χ2v) is 16.9. The van der Waals surface area contributed by atoms with Crippen molar-refractivity contribution in [2.45, 2.75) is 58.0 Å². The highest BCUT2D eigenvalue weighted by Gasteiger charge is 2.51. The second-order valence-electron chi connectivity index (χ2n) is 11.8. The van der Waals surface area contributed by atoms with E-state index in [1.165, 1.54) is 16.3 Å². The fourth-order valence-corrected chi connectivity index (χ4v) is 6.72. The summed E-state index contributed by atoms with van der Waals surface area (Å²) < 4.78 is 12.9. The molecule has 2 atom stereocenters. The minimum atomic E-state index is -1.69. The van der Waals surface area contributed by atoms with E-state index in [0.717, 1.165) is 16.5 Å². The first-order valence-corrected chi connectivity index (χ1v) is 16.3. The van der Waals surface area contributed by atoms with Gasteiger partial charge in [-0.1, -0.05) is 69.0 Å². The third kappa shape index (κ3) is 4.00. The zero-order valence-electron chi connectivity index (χ0n) is 22.2. The molecule has 0 bridgehead atoms. The van der Waals surface area contributed by atoms with Crippen molar-refractivity contribution in [3.8, 4) is 17.4 Å². The number of fused-ring (bicyclic) bond motifs is 4. The standard InChI is InChI=1S/C31H32N2O3Si/c1-18-13-19-11-12-26(32-27(19)25(34)14-18)35-21-15-20(16-22(17-21)37(4,5)6)30-33-28-23-9-7-8-10-24(23)31(2,3)29(28)36-30/h7-17,28-29,34H,1-6H3/t28-,29+/m0/s1. The predicted octanol–water partition coefficient (Wildman–Crippen LogP) is 6.76. The molecule has 0 spiro atoms. The topological polar surface area (TPSA) is 63.9 Å². The van der Waals surface area contributed by atoms with Gasteiger partial charge in [-0.25, -0.2) is 9.98 Å². The Balaban J connectivity index is 1.39. The lowest BCUT2D eigenvalue weighted by Crippen LogP contribution is -2.38. The van der Waals surface area contributed by atoms with Crippen molar-refractivity contribution in [1.82, 2.24) is 4.98 Å². The molecule has 0 saturated carbocycles. The maximum Gasteiger partial charge on any atom is 0.219 e. The van der Waals surface area contributed by atoms with Crippen molar-refractivity contribution < 1.29 is 14.6 Å². The average Bonchev–Trinajstić information content (AvgIpc) is 3.37. The summed E-state index contributed by atoms with van der Waals surface area (Å²) in [5.74, 6) is 1.95. The highest BCUT2D eigenvalue weighted by molar-refractivity contribution is 6.88. The molecule has 1 aliphatic carbocycles. The van der Waals surface area contributed by atoms with E-state index >= 15 is 0 Å². The van der Waals surface area contributed by atoms with Crippen LogP contribution in [0.2, 0.25) is 19.6 Å². The molecule has 1 N–H and O–H groups in total. The molecule has 2 heterocycles. The summed E-state index contributed by atoms with van der Waals surface area (Å²) in [7, 11) is -1.69. The molecule has 2 aliphatic rings. The zero-order chi connectivity index (χ0) is 26.1. The van der Waals surface area contributed by atoms with Crippen LogP contribution in [-0.4, -0.2) is 30.2 Å². The number of aryl methyl sites for hydroxylation is 1. The van der Waals surface area contributed by atoms with E-state index in [0.29, 0.717) is 23.0 Å². The molecule has 1 aromatic heterocycles. The van der Waals surface area contributed by atoms with E-state index in [1.807, 2.05) is 31.2 Å². The maximum atomic E-state index is 10.4. The van der Waals surface area contributed by atoms with Gasteiger partial charge >= 0.3 is 0 Å². The van der Waals surface area contributed by atoms with E-state index < -0.39 is 8.07 Å². The zero-order valence-corrected chi connectivity index (χ0v) is 23.2. The number of benzene rings is 3. The Bertz CT molecular complexity index is 1590. The molecular formula is C31H32N2O3Si. The molecule has 0 unspecified atom stereocenters. The third-order valence-corrected chi connectivity index (χ3v) is 9.62. The summed E-state index contributed by atoms with van der Waals surface area (Å²) in [5, 5.41) is 12.6. The molecule has 5 nitrogen and oxygen atoms in total. The van der Waals surface area contributed by atoms with Gasteiger partial charge in [0.1, 0.15) is 29.2 Å². The average molecular weight is 509 g/mol. The van der Waals surface area contributed by atoms with E-state index in [4.69, 9.17) is 14.5 Å². The largest absolute Gasteiger partial charge is 0.506 e. The van der Waals surface area contributed by atoms with E-state index in [-0.39, 0.29) is 23.3 Å². The molecular weight excluding hydrogens is 476 g/mol. The van der Waals surface area contributed by atoms with Crippen molar-refractivity contribution in [2.24, 2.45) is 4.99 Å². The Kier molecular flexibility index (Phi) is 5.25. The van der Waals surface area contributed by atoms with Gasteiger partial charge < -0.3 is 14.6 Å². The van der Waals surface area contributed by atoms with Gasteiger partial charge in [0, 0.05) is 22.4 Å².